The first-order valence-electron chi connectivity index (χ1n) is 12.2. The number of hydrogen-bond donors (Lipinski definition) is 1. The zero-order chi connectivity index (χ0) is 24.9. The molecule has 0 spiro atoms. The van der Waals surface area contributed by atoms with Crippen molar-refractivity contribution < 1.29 is 4.74 Å². The first-order chi connectivity index (χ1) is 17.5. The van der Waals surface area contributed by atoms with Crippen molar-refractivity contribution in [3.63, 3.8) is 0 Å². The van der Waals surface area contributed by atoms with Crippen LogP contribution in [0.15, 0.2) is 84.9 Å². The molecule has 1 saturated heterocycles. The first kappa shape index (κ1) is 23.9. The first-order valence-corrected chi connectivity index (χ1v) is 12.6. The van der Waals surface area contributed by atoms with E-state index < -0.39 is 0 Å². The third kappa shape index (κ3) is 5.89. The van der Waals surface area contributed by atoms with Crippen LogP contribution in [-0.4, -0.2) is 43.3 Å². The number of ether oxygens (including phenoxy) is 1. The number of para-hydroxylation sites is 1. The van der Waals surface area contributed by atoms with Gasteiger partial charge in [0, 0.05) is 48.7 Å². The fourth-order valence-electron chi connectivity index (χ4n) is 4.31. The van der Waals surface area contributed by atoms with Crippen LogP contribution in [0.4, 0.5) is 23.0 Å². The molecule has 0 aliphatic carbocycles. The Hall–Kier alpha value is -3.77. The lowest BCUT2D eigenvalue weighted by Gasteiger charge is -2.34. The summed E-state index contributed by atoms with van der Waals surface area (Å²) < 4.78 is 6.27. The Balaban J connectivity index is 1.43. The Kier molecular flexibility index (Phi) is 7.23. The number of rotatable bonds is 7. The van der Waals surface area contributed by atoms with E-state index in [2.05, 4.69) is 39.4 Å². The van der Waals surface area contributed by atoms with Gasteiger partial charge in [-0.1, -0.05) is 29.8 Å². The van der Waals surface area contributed by atoms with Gasteiger partial charge in [-0.25, -0.2) is 9.97 Å². The highest BCUT2D eigenvalue weighted by Crippen LogP contribution is 2.29. The van der Waals surface area contributed by atoms with Gasteiger partial charge in [-0.3, -0.25) is 0 Å². The maximum Gasteiger partial charge on any atom is 0.163 e. The Morgan fingerprint density at radius 3 is 2.42 bits per heavy atom. The van der Waals surface area contributed by atoms with Gasteiger partial charge in [-0.05, 0) is 73.5 Å². The number of piperidine rings is 1. The molecule has 184 valence electrons. The Labute approximate surface area is 217 Å². The molecule has 0 amide bonds. The molecule has 0 saturated carbocycles. The SMILES string of the molecule is CN(C)c1ccc(Nc2cc(N3CCCC(Oc4ccccc4)C3)nc(-c3ccc(Cl)cc3)n2)cc1. The van der Waals surface area contributed by atoms with Crippen LogP contribution in [0.2, 0.25) is 5.02 Å². The number of nitrogens with one attached hydrogen (secondary N) is 1. The number of benzene rings is 3. The maximum atomic E-state index is 6.27. The van der Waals surface area contributed by atoms with E-state index in [0.29, 0.717) is 10.8 Å². The predicted molar refractivity (Wildman–Crippen MR) is 149 cm³/mol. The van der Waals surface area contributed by atoms with E-state index in [1.54, 1.807) is 0 Å². The molecule has 1 aromatic heterocycles. The van der Waals surface area contributed by atoms with Crippen molar-refractivity contribution >= 4 is 34.6 Å². The second-order valence-electron chi connectivity index (χ2n) is 9.15. The highest BCUT2D eigenvalue weighted by Gasteiger charge is 2.23. The standard InChI is InChI=1S/C29H30ClN5O/c1-34(2)24-16-14-23(15-17-24)31-27-19-28(33-29(32-27)21-10-12-22(30)13-11-21)35-18-6-9-26(20-35)36-25-7-4-3-5-8-25/h3-5,7-8,10-17,19,26H,6,9,18,20H2,1-2H3,(H,31,32,33). The van der Waals surface area contributed by atoms with E-state index >= 15 is 0 Å². The van der Waals surface area contributed by atoms with Crippen LogP contribution in [0.5, 0.6) is 5.75 Å². The van der Waals surface area contributed by atoms with Crippen molar-refractivity contribution in [1.29, 1.82) is 0 Å². The topological polar surface area (TPSA) is 53.5 Å². The highest BCUT2D eigenvalue weighted by molar-refractivity contribution is 6.30. The molecule has 1 N–H and O–H groups in total. The van der Waals surface area contributed by atoms with Gasteiger partial charge >= 0.3 is 0 Å². The molecule has 1 unspecified atom stereocenters. The van der Waals surface area contributed by atoms with E-state index in [1.807, 2.05) is 74.8 Å². The van der Waals surface area contributed by atoms with Gasteiger partial charge in [0.15, 0.2) is 5.82 Å². The van der Waals surface area contributed by atoms with E-state index in [-0.39, 0.29) is 6.10 Å². The zero-order valence-corrected chi connectivity index (χ0v) is 21.3. The minimum absolute atomic E-state index is 0.102. The van der Waals surface area contributed by atoms with Crippen molar-refractivity contribution in [2.45, 2.75) is 18.9 Å². The molecule has 2 heterocycles. The Bertz CT molecular complexity index is 1280. The molecular weight excluding hydrogens is 470 g/mol. The third-order valence-corrected chi connectivity index (χ3v) is 6.47. The summed E-state index contributed by atoms with van der Waals surface area (Å²) in [5.74, 6) is 3.18. The van der Waals surface area contributed by atoms with Gasteiger partial charge in [0.2, 0.25) is 0 Å². The second-order valence-corrected chi connectivity index (χ2v) is 9.59. The lowest BCUT2D eigenvalue weighted by atomic mass is 10.1. The number of aromatic nitrogens is 2. The average molecular weight is 500 g/mol. The van der Waals surface area contributed by atoms with Gasteiger partial charge in [0.05, 0.1) is 6.54 Å². The molecule has 7 heteroatoms. The minimum atomic E-state index is 0.102. The number of nitrogens with zero attached hydrogens (tertiary/aromatic N) is 4. The van der Waals surface area contributed by atoms with Crippen LogP contribution >= 0.6 is 11.6 Å². The van der Waals surface area contributed by atoms with E-state index in [4.69, 9.17) is 26.3 Å². The van der Waals surface area contributed by atoms with Crippen molar-refractivity contribution in [2.24, 2.45) is 0 Å². The van der Waals surface area contributed by atoms with E-state index in [0.717, 1.165) is 60.3 Å². The molecule has 1 fully saturated rings. The molecule has 0 radical (unpaired) electrons. The molecule has 4 aromatic rings. The van der Waals surface area contributed by atoms with Crippen molar-refractivity contribution in [3.8, 4) is 17.1 Å². The molecule has 0 bridgehead atoms. The number of hydrogen-bond acceptors (Lipinski definition) is 6. The van der Waals surface area contributed by atoms with Crippen LogP contribution in [0.25, 0.3) is 11.4 Å². The number of anilines is 4. The van der Waals surface area contributed by atoms with Crippen LogP contribution in [0, 0.1) is 0 Å². The summed E-state index contributed by atoms with van der Waals surface area (Å²) in [7, 11) is 4.07. The molecule has 36 heavy (non-hydrogen) atoms. The van der Waals surface area contributed by atoms with Gasteiger partial charge in [0.1, 0.15) is 23.5 Å². The van der Waals surface area contributed by atoms with Crippen LogP contribution in [0.3, 0.4) is 0 Å². The summed E-state index contributed by atoms with van der Waals surface area (Å²) in [6, 6.07) is 28.0. The maximum absolute atomic E-state index is 6.27. The molecule has 1 aliphatic heterocycles. The summed E-state index contributed by atoms with van der Waals surface area (Å²) in [4.78, 5) is 14.2. The molecule has 1 aliphatic rings. The van der Waals surface area contributed by atoms with Gasteiger partial charge in [-0.2, -0.15) is 0 Å². The Morgan fingerprint density at radius 2 is 1.69 bits per heavy atom. The van der Waals surface area contributed by atoms with Gasteiger partial charge in [0.25, 0.3) is 0 Å². The fraction of sp³-hybridized carbons (Fsp3) is 0.241. The second kappa shape index (κ2) is 10.9. The highest BCUT2D eigenvalue weighted by atomic mass is 35.5. The zero-order valence-electron chi connectivity index (χ0n) is 20.6. The van der Waals surface area contributed by atoms with Crippen molar-refractivity contribution in [2.75, 3.05) is 42.3 Å². The van der Waals surface area contributed by atoms with Crippen LogP contribution in [0.1, 0.15) is 12.8 Å². The van der Waals surface area contributed by atoms with Crippen LogP contribution < -0.4 is 19.9 Å². The lowest BCUT2D eigenvalue weighted by molar-refractivity contribution is 0.179. The summed E-state index contributed by atoms with van der Waals surface area (Å²) >= 11 is 6.13. The molecular formula is C29H30ClN5O. The quantitative estimate of drug-likeness (QED) is 0.307. The summed E-state index contributed by atoms with van der Waals surface area (Å²) in [5.41, 5.74) is 3.03. The summed E-state index contributed by atoms with van der Waals surface area (Å²) in [6.07, 6.45) is 2.15. The lowest BCUT2D eigenvalue weighted by Crippen LogP contribution is -2.41. The predicted octanol–water partition coefficient (Wildman–Crippen LogP) is 6.65. The molecule has 3 aromatic carbocycles. The normalized spacial score (nSPS) is 15.4. The molecule has 6 nitrogen and oxygen atoms in total. The Morgan fingerprint density at radius 1 is 0.944 bits per heavy atom. The molecule has 1 atom stereocenters. The summed E-state index contributed by atoms with van der Waals surface area (Å²) in [6.45, 7) is 1.69. The van der Waals surface area contributed by atoms with Gasteiger partial charge in [-0.15, -0.1) is 0 Å². The third-order valence-electron chi connectivity index (χ3n) is 6.22. The van der Waals surface area contributed by atoms with Crippen molar-refractivity contribution in [3.05, 3.63) is 90.0 Å². The average Bonchev–Trinajstić information content (AvgIpc) is 2.90. The number of halogens is 1. The largest absolute Gasteiger partial charge is 0.489 e. The monoisotopic (exact) mass is 499 g/mol. The fourth-order valence-corrected chi connectivity index (χ4v) is 4.44. The molecule has 5 rings (SSSR count). The minimum Gasteiger partial charge on any atom is -0.489 e. The van der Waals surface area contributed by atoms with Crippen LogP contribution in [-0.2, 0) is 0 Å². The smallest absolute Gasteiger partial charge is 0.163 e. The van der Waals surface area contributed by atoms with E-state index in [1.165, 1.54) is 0 Å². The van der Waals surface area contributed by atoms with Crippen molar-refractivity contribution in [1.82, 2.24) is 9.97 Å². The van der Waals surface area contributed by atoms with Gasteiger partial charge < -0.3 is 19.9 Å². The van der Waals surface area contributed by atoms with E-state index in [9.17, 15) is 0 Å². The summed E-state index contributed by atoms with van der Waals surface area (Å²) in [5, 5.41) is 4.15.